The molecule has 5 heteroatoms. The first-order valence-corrected chi connectivity index (χ1v) is 6.52. The van der Waals surface area contributed by atoms with Crippen molar-refractivity contribution < 1.29 is 14.0 Å². The summed E-state index contributed by atoms with van der Waals surface area (Å²) in [6.45, 7) is 2.14. The molecule has 0 aliphatic carbocycles. The molecule has 1 aromatic rings. The number of anilines is 1. The summed E-state index contributed by atoms with van der Waals surface area (Å²) in [6, 6.07) is 6.25. The van der Waals surface area contributed by atoms with Crippen LogP contribution >= 0.6 is 0 Å². The fourth-order valence-electron chi connectivity index (χ4n) is 2.43. The Balaban J connectivity index is 2.24. The molecule has 1 heterocycles. The first-order chi connectivity index (χ1) is 9.54. The van der Waals surface area contributed by atoms with Crippen molar-refractivity contribution in [3.63, 3.8) is 0 Å². The van der Waals surface area contributed by atoms with E-state index in [0.717, 1.165) is 0 Å². The lowest BCUT2D eigenvalue weighted by atomic mass is 9.91. The lowest BCUT2D eigenvalue weighted by Gasteiger charge is -2.31. The van der Waals surface area contributed by atoms with Gasteiger partial charge in [-0.2, -0.15) is 5.26 Å². The molecule has 0 aromatic heterocycles. The third-order valence-corrected chi connectivity index (χ3v) is 3.53. The smallest absolute Gasteiger partial charge is 0.237 e. The number of carbonyl (C=O) groups is 2. The van der Waals surface area contributed by atoms with Crippen LogP contribution in [0.5, 0.6) is 0 Å². The van der Waals surface area contributed by atoms with E-state index < -0.39 is 5.92 Å². The lowest BCUT2D eigenvalue weighted by Crippen LogP contribution is -2.44. The number of carbonyl (C=O) groups excluding carboxylic acids is 2. The number of hydrogen-bond acceptors (Lipinski definition) is 3. The van der Waals surface area contributed by atoms with E-state index in [1.54, 1.807) is 19.1 Å². The van der Waals surface area contributed by atoms with E-state index in [2.05, 4.69) is 0 Å². The van der Waals surface area contributed by atoms with Crippen LogP contribution in [0.25, 0.3) is 0 Å². The van der Waals surface area contributed by atoms with Crippen molar-refractivity contribution in [2.75, 3.05) is 11.4 Å². The van der Waals surface area contributed by atoms with E-state index in [0.29, 0.717) is 30.6 Å². The van der Waals surface area contributed by atoms with E-state index in [9.17, 15) is 14.0 Å². The summed E-state index contributed by atoms with van der Waals surface area (Å²) in [7, 11) is 0. The number of benzene rings is 1. The Morgan fingerprint density at radius 1 is 1.55 bits per heavy atom. The van der Waals surface area contributed by atoms with Crippen LogP contribution in [0.1, 0.15) is 24.8 Å². The largest absolute Gasteiger partial charge is 0.312 e. The molecule has 1 aromatic carbocycles. The highest BCUT2D eigenvalue weighted by Gasteiger charge is 2.34. The van der Waals surface area contributed by atoms with Gasteiger partial charge in [-0.05, 0) is 43.5 Å². The third kappa shape index (κ3) is 2.69. The second-order valence-electron chi connectivity index (χ2n) is 4.92. The zero-order valence-electron chi connectivity index (χ0n) is 11.2. The summed E-state index contributed by atoms with van der Waals surface area (Å²) in [5.41, 5.74) is 1.06. The van der Waals surface area contributed by atoms with Gasteiger partial charge in [-0.1, -0.05) is 0 Å². The number of Topliss-reactive ketones (excluding diaryl/α,β-unsaturated/α-hetero) is 1. The predicted molar refractivity (Wildman–Crippen MR) is 71.5 cm³/mol. The van der Waals surface area contributed by atoms with Crippen molar-refractivity contribution in [1.29, 1.82) is 5.26 Å². The normalized spacial score (nSPS) is 18.8. The van der Waals surface area contributed by atoms with Gasteiger partial charge in [0.05, 0.1) is 18.4 Å². The maximum absolute atomic E-state index is 13.3. The Bertz CT molecular complexity index is 592. The SMILES string of the molecule is Cc1cc(N2CCCC(C(=O)CC#N)C2=O)ccc1F. The Morgan fingerprint density at radius 3 is 2.95 bits per heavy atom. The minimum Gasteiger partial charge on any atom is -0.312 e. The van der Waals surface area contributed by atoms with Crippen LogP contribution < -0.4 is 4.90 Å². The highest BCUT2D eigenvalue weighted by molar-refractivity contribution is 6.09. The molecular weight excluding hydrogens is 259 g/mol. The van der Waals surface area contributed by atoms with Gasteiger partial charge in [0.25, 0.3) is 0 Å². The van der Waals surface area contributed by atoms with Gasteiger partial charge in [-0.3, -0.25) is 9.59 Å². The molecular formula is C15H15FN2O2. The van der Waals surface area contributed by atoms with Crippen LogP contribution in [0.2, 0.25) is 0 Å². The van der Waals surface area contributed by atoms with E-state index >= 15 is 0 Å². The van der Waals surface area contributed by atoms with Crippen molar-refractivity contribution in [2.24, 2.45) is 5.92 Å². The Kier molecular flexibility index (Phi) is 4.14. The van der Waals surface area contributed by atoms with Gasteiger partial charge in [0, 0.05) is 12.2 Å². The first-order valence-electron chi connectivity index (χ1n) is 6.52. The van der Waals surface area contributed by atoms with Gasteiger partial charge in [-0.25, -0.2) is 4.39 Å². The number of rotatable bonds is 3. The third-order valence-electron chi connectivity index (χ3n) is 3.53. The second-order valence-corrected chi connectivity index (χ2v) is 4.92. The summed E-state index contributed by atoms with van der Waals surface area (Å²) in [6.07, 6.45) is 0.937. The number of amides is 1. The summed E-state index contributed by atoms with van der Waals surface area (Å²) in [4.78, 5) is 25.6. The van der Waals surface area contributed by atoms with Crippen molar-refractivity contribution in [1.82, 2.24) is 0 Å². The van der Waals surface area contributed by atoms with Crippen LogP contribution in [0.15, 0.2) is 18.2 Å². The fraction of sp³-hybridized carbons (Fsp3) is 0.400. The van der Waals surface area contributed by atoms with Crippen LogP contribution in [-0.2, 0) is 9.59 Å². The predicted octanol–water partition coefficient (Wildman–Crippen LogP) is 2.36. The van der Waals surface area contributed by atoms with Gasteiger partial charge in [0.1, 0.15) is 5.82 Å². The molecule has 0 N–H and O–H groups in total. The number of halogens is 1. The molecule has 1 amide bonds. The molecule has 1 atom stereocenters. The zero-order valence-corrected chi connectivity index (χ0v) is 11.2. The van der Waals surface area contributed by atoms with Gasteiger partial charge in [0.2, 0.25) is 5.91 Å². The minimum atomic E-state index is -0.742. The molecule has 0 radical (unpaired) electrons. The Hall–Kier alpha value is -2.22. The molecule has 0 bridgehead atoms. The van der Waals surface area contributed by atoms with Crippen LogP contribution in [0.3, 0.4) is 0 Å². The van der Waals surface area contributed by atoms with Crippen molar-refractivity contribution in [2.45, 2.75) is 26.2 Å². The van der Waals surface area contributed by atoms with Crippen molar-refractivity contribution in [3.05, 3.63) is 29.6 Å². The quantitative estimate of drug-likeness (QED) is 0.795. The summed E-state index contributed by atoms with van der Waals surface area (Å²) in [5.74, 6) is -1.69. The summed E-state index contributed by atoms with van der Waals surface area (Å²) in [5, 5.41) is 8.57. The highest BCUT2D eigenvalue weighted by atomic mass is 19.1. The van der Waals surface area contributed by atoms with Crippen LogP contribution in [-0.4, -0.2) is 18.2 Å². The van der Waals surface area contributed by atoms with E-state index in [1.807, 2.05) is 0 Å². The average molecular weight is 274 g/mol. The first kappa shape index (κ1) is 14.2. The monoisotopic (exact) mass is 274 g/mol. The molecule has 4 nitrogen and oxygen atoms in total. The molecule has 20 heavy (non-hydrogen) atoms. The molecule has 1 aliphatic rings. The summed E-state index contributed by atoms with van der Waals surface area (Å²) < 4.78 is 13.3. The lowest BCUT2D eigenvalue weighted by molar-refractivity contribution is -0.133. The molecule has 1 aliphatic heterocycles. The Morgan fingerprint density at radius 2 is 2.30 bits per heavy atom. The molecule has 1 fully saturated rings. The molecule has 1 unspecified atom stereocenters. The van der Waals surface area contributed by atoms with Crippen LogP contribution in [0.4, 0.5) is 10.1 Å². The molecule has 0 spiro atoms. The van der Waals surface area contributed by atoms with Gasteiger partial charge < -0.3 is 4.90 Å². The number of piperidine rings is 1. The number of nitriles is 1. The second kappa shape index (κ2) is 5.83. The number of aryl methyl sites for hydroxylation is 1. The van der Waals surface area contributed by atoms with Gasteiger partial charge >= 0.3 is 0 Å². The highest BCUT2D eigenvalue weighted by Crippen LogP contribution is 2.27. The number of hydrogen-bond donors (Lipinski definition) is 0. The average Bonchev–Trinajstić information content (AvgIpc) is 2.42. The van der Waals surface area contributed by atoms with E-state index in [-0.39, 0.29) is 23.9 Å². The molecule has 2 rings (SSSR count). The van der Waals surface area contributed by atoms with Gasteiger partial charge in [0.15, 0.2) is 5.78 Å². The van der Waals surface area contributed by atoms with Gasteiger partial charge in [-0.15, -0.1) is 0 Å². The maximum atomic E-state index is 13.3. The van der Waals surface area contributed by atoms with Crippen molar-refractivity contribution in [3.8, 4) is 6.07 Å². The standard InChI is InChI=1S/C15H15FN2O2/c1-10-9-11(4-5-13(10)16)18-8-2-3-12(15(18)20)14(19)6-7-17/h4-5,9,12H,2-3,6,8H2,1H3. The maximum Gasteiger partial charge on any atom is 0.237 e. The fourth-order valence-corrected chi connectivity index (χ4v) is 2.43. The topological polar surface area (TPSA) is 61.2 Å². The molecule has 0 saturated carbocycles. The van der Waals surface area contributed by atoms with E-state index in [4.69, 9.17) is 5.26 Å². The number of nitrogens with zero attached hydrogens (tertiary/aromatic N) is 2. The van der Waals surface area contributed by atoms with E-state index in [1.165, 1.54) is 17.0 Å². The Labute approximate surface area is 116 Å². The minimum absolute atomic E-state index is 0.243. The van der Waals surface area contributed by atoms with Crippen molar-refractivity contribution >= 4 is 17.4 Å². The molecule has 1 saturated heterocycles. The van der Waals surface area contributed by atoms with Crippen LogP contribution in [0, 0.1) is 30.0 Å². The summed E-state index contributed by atoms with van der Waals surface area (Å²) >= 11 is 0. The number of ketones is 1. The zero-order chi connectivity index (χ0) is 14.7. The molecule has 104 valence electrons.